The summed E-state index contributed by atoms with van der Waals surface area (Å²) in [6.45, 7) is 1.15. The molecule has 1 aromatic rings. The lowest BCUT2D eigenvalue weighted by Gasteiger charge is -2.39. The summed E-state index contributed by atoms with van der Waals surface area (Å²) in [4.78, 5) is 15.1. The molecule has 1 amide bonds. The molecule has 2 heterocycles. The number of hydrogen-bond donors (Lipinski definition) is 0. The van der Waals surface area contributed by atoms with E-state index in [0.29, 0.717) is 25.6 Å². The third-order valence-electron chi connectivity index (χ3n) is 7.63. The molecule has 28 heavy (non-hydrogen) atoms. The normalized spacial score (nSPS) is 32.5. The summed E-state index contributed by atoms with van der Waals surface area (Å²) in [5.41, 5.74) is 0.959. The molecule has 152 valence electrons. The summed E-state index contributed by atoms with van der Waals surface area (Å²) in [6, 6.07) is 10.5. The molecule has 2 saturated carbocycles. The zero-order valence-corrected chi connectivity index (χ0v) is 17.2. The Bertz CT molecular complexity index is 846. The Morgan fingerprint density at radius 2 is 1.68 bits per heavy atom. The second-order valence-corrected chi connectivity index (χ2v) is 11.3. The van der Waals surface area contributed by atoms with Gasteiger partial charge in [-0.25, -0.2) is 8.42 Å². The number of nitrogens with zero attached hydrogens (tertiary/aromatic N) is 2. The monoisotopic (exact) mass is 402 g/mol. The third-order valence-corrected chi connectivity index (χ3v) is 10.0. The van der Waals surface area contributed by atoms with Crippen molar-refractivity contribution in [3.05, 3.63) is 35.9 Å². The first-order valence-corrected chi connectivity index (χ1v) is 12.4. The van der Waals surface area contributed by atoms with Gasteiger partial charge in [-0.2, -0.15) is 4.31 Å². The highest BCUT2D eigenvalue weighted by Crippen LogP contribution is 2.49. The molecule has 4 aliphatic rings. The summed E-state index contributed by atoms with van der Waals surface area (Å²) in [6.07, 6.45) is 8.14. The van der Waals surface area contributed by atoms with Crippen LogP contribution in [-0.4, -0.2) is 54.0 Å². The second kappa shape index (κ2) is 6.84. The van der Waals surface area contributed by atoms with E-state index in [2.05, 4.69) is 17.0 Å². The van der Waals surface area contributed by atoms with E-state index in [1.165, 1.54) is 18.4 Å². The quantitative estimate of drug-likeness (QED) is 0.778. The van der Waals surface area contributed by atoms with Gasteiger partial charge in [0.2, 0.25) is 15.9 Å². The fourth-order valence-corrected chi connectivity index (χ4v) is 7.99. The molecule has 0 bridgehead atoms. The fraction of sp³-hybridized carbons (Fsp3) is 0.682. The number of sulfonamides is 1. The molecular weight excluding hydrogens is 372 g/mol. The first-order chi connectivity index (χ1) is 13.5. The van der Waals surface area contributed by atoms with Crippen molar-refractivity contribution in [3.63, 3.8) is 0 Å². The Labute approximate surface area is 168 Å². The van der Waals surface area contributed by atoms with Gasteiger partial charge in [0.15, 0.2) is 0 Å². The Kier molecular flexibility index (Phi) is 4.55. The molecule has 5 rings (SSSR count). The Hall–Kier alpha value is -1.40. The number of likely N-dealkylation sites (tertiary alicyclic amines) is 1. The van der Waals surface area contributed by atoms with Gasteiger partial charge in [-0.05, 0) is 44.1 Å². The van der Waals surface area contributed by atoms with Crippen molar-refractivity contribution in [1.29, 1.82) is 0 Å². The smallest absolute Gasteiger partial charge is 0.222 e. The fourth-order valence-electron chi connectivity index (χ4n) is 5.91. The van der Waals surface area contributed by atoms with Crippen LogP contribution in [-0.2, 0) is 20.2 Å². The molecule has 2 aliphatic carbocycles. The summed E-state index contributed by atoms with van der Waals surface area (Å²) in [7, 11) is -3.27. The van der Waals surface area contributed by atoms with Crippen LogP contribution in [0.1, 0.15) is 63.4 Å². The highest BCUT2D eigenvalue weighted by Gasteiger charge is 2.57. The van der Waals surface area contributed by atoms with E-state index in [9.17, 15) is 13.2 Å². The topological polar surface area (TPSA) is 57.7 Å². The molecular formula is C22H30N2O3S. The molecule has 2 aliphatic heterocycles. The van der Waals surface area contributed by atoms with Gasteiger partial charge in [-0.3, -0.25) is 4.79 Å². The van der Waals surface area contributed by atoms with E-state index >= 15 is 0 Å². The van der Waals surface area contributed by atoms with Gasteiger partial charge >= 0.3 is 0 Å². The zero-order chi connectivity index (χ0) is 19.4. The maximum Gasteiger partial charge on any atom is 0.222 e. The van der Waals surface area contributed by atoms with E-state index in [1.54, 1.807) is 4.31 Å². The van der Waals surface area contributed by atoms with Crippen molar-refractivity contribution in [2.24, 2.45) is 0 Å². The van der Waals surface area contributed by atoms with Crippen molar-refractivity contribution >= 4 is 15.9 Å². The first-order valence-electron chi connectivity index (χ1n) is 10.9. The van der Waals surface area contributed by atoms with Gasteiger partial charge in [-0.15, -0.1) is 0 Å². The maximum atomic E-state index is 13.3. The molecule has 0 radical (unpaired) electrons. The van der Waals surface area contributed by atoms with Gasteiger partial charge in [-0.1, -0.05) is 43.2 Å². The van der Waals surface area contributed by atoms with E-state index in [1.807, 2.05) is 18.2 Å². The van der Waals surface area contributed by atoms with Gasteiger partial charge in [0.1, 0.15) is 0 Å². The van der Waals surface area contributed by atoms with Gasteiger partial charge < -0.3 is 4.90 Å². The lowest BCUT2D eigenvalue weighted by molar-refractivity contribution is -0.133. The SMILES string of the molecule is O=C1CC[C@@]2(c3ccccc3)CCN(S(=O)(=O)C3CC3)[C@@H]2CN1C1CCCC1. The van der Waals surface area contributed by atoms with Crippen LogP contribution in [0.15, 0.2) is 30.3 Å². The summed E-state index contributed by atoms with van der Waals surface area (Å²) in [5, 5.41) is -0.196. The third kappa shape index (κ3) is 2.91. The Morgan fingerprint density at radius 3 is 2.36 bits per heavy atom. The minimum atomic E-state index is -3.27. The van der Waals surface area contributed by atoms with Crippen LogP contribution in [0.5, 0.6) is 0 Å². The van der Waals surface area contributed by atoms with Crippen molar-refractivity contribution < 1.29 is 13.2 Å². The van der Waals surface area contributed by atoms with Crippen molar-refractivity contribution in [2.45, 2.75) is 80.5 Å². The van der Waals surface area contributed by atoms with Gasteiger partial charge in [0.25, 0.3) is 0 Å². The highest BCUT2D eigenvalue weighted by atomic mass is 32.2. The highest BCUT2D eigenvalue weighted by molar-refractivity contribution is 7.90. The Balaban J connectivity index is 1.57. The van der Waals surface area contributed by atoms with Crippen LogP contribution in [0.4, 0.5) is 0 Å². The number of amides is 1. The molecule has 2 saturated heterocycles. The van der Waals surface area contributed by atoms with E-state index in [4.69, 9.17) is 0 Å². The molecule has 5 nitrogen and oxygen atoms in total. The predicted octanol–water partition coefficient (Wildman–Crippen LogP) is 3.06. The minimum Gasteiger partial charge on any atom is -0.338 e. The first kappa shape index (κ1) is 18.6. The van der Waals surface area contributed by atoms with Crippen molar-refractivity contribution in [1.82, 2.24) is 9.21 Å². The lowest BCUT2D eigenvalue weighted by Crippen LogP contribution is -2.52. The molecule has 0 aromatic heterocycles. The van der Waals surface area contributed by atoms with Crippen LogP contribution < -0.4 is 0 Å². The van der Waals surface area contributed by atoms with Crippen LogP contribution >= 0.6 is 0 Å². The van der Waals surface area contributed by atoms with Gasteiger partial charge in [0, 0.05) is 31.0 Å². The zero-order valence-electron chi connectivity index (χ0n) is 16.4. The summed E-state index contributed by atoms with van der Waals surface area (Å²) < 4.78 is 28.3. The number of hydrogen-bond acceptors (Lipinski definition) is 3. The molecule has 2 atom stereocenters. The number of benzene rings is 1. The molecule has 4 fully saturated rings. The predicted molar refractivity (Wildman–Crippen MR) is 108 cm³/mol. The molecule has 0 N–H and O–H groups in total. The summed E-state index contributed by atoms with van der Waals surface area (Å²) >= 11 is 0. The molecule has 0 unspecified atom stereocenters. The lowest BCUT2D eigenvalue weighted by atomic mass is 9.71. The largest absolute Gasteiger partial charge is 0.338 e. The average Bonchev–Trinajstić information content (AvgIpc) is 3.35. The molecule has 0 spiro atoms. The second-order valence-electron chi connectivity index (χ2n) is 9.13. The van der Waals surface area contributed by atoms with Crippen LogP contribution in [0.25, 0.3) is 0 Å². The maximum absolute atomic E-state index is 13.3. The number of carbonyl (C=O) groups excluding carboxylic acids is 1. The molecule has 6 heteroatoms. The van der Waals surface area contributed by atoms with Crippen LogP contribution in [0.3, 0.4) is 0 Å². The van der Waals surface area contributed by atoms with Crippen LogP contribution in [0, 0.1) is 0 Å². The van der Waals surface area contributed by atoms with Gasteiger partial charge in [0.05, 0.1) is 11.3 Å². The van der Waals surface area contributed by atoms with Crippen LogP contribution in [0.2, 0.25) is 0 Å². The van der Waals surface area contributed by atoms with E-state index in [0.717, 1.165) is 38.5 Å². The van der Waals surface area contributed by atoms with Crippen molar-refractivity contribution in [2.75, 3.05) is 13.1 Å². The standard InChI is InChI=1S/C22H30N2O3S/c25-21-12-13-22(17-6-2-1-3-7-17)14-15-24(28(26,27)19-10-11-19)20(22)16-23(21)18-8-4-5-9-18/h1-3,6-7,18-20H,4-5,8-16H2/t20-,22+/m1/s1. The molecule has 1 aromatic carbocycles. The Morgan fingerprint density at radius 1 is 0.964 bits per heavy atom. The summed E-state index contributed by atoms with van der Waals surface area (Å²) in [5.74, 6) is 0.223. The van der Waals surface area contributed by atoms with E-state index < -0.39 is 10.0 Å². The number of rotatable bonds is 4. The average molecular weight is 403 g/mol. The van der Waals surface area contributed by atoms with Crippen molar-refractivity contribution in [3.8, 4) is 0 Å². The number of carbonyl (C=O) groups is 1. The minimum absolute atomic E-state index is 0.132. The van der Waals surface area contributed by atoms with E-state index in [-0.39, 0.29) is 22.6 Å². The number of fused-ring (bicyclic) bond motifs is 1.